The van der Waals surface area contributed by atoms with Crippen LogP contribution in [0.5, 0.6) is 0 Å². The van der Waals surface area contributed by atoms with Crippen LogP contribution in [0, 0.1) is 0 Å². The van der Waals surface area contributed by atoms with Crippen LogP contribution >= 0.6 is 11.3 Å². The molecule has 0 bridgehead atoms. The van der Waals surface area contributed by atoms with Crippen molar-refractivity contribution in [2.45, 2.75) is 5.41 Å². The number of fused-ring (bicyclic) bond motifs is 8. The summed E-state index contributed by atoms with van der Waals surface area (Å²) in [5.74, 6) is 0. The van der Waals surface area contributed by atoms with Crippen molar-refractivity contribution in [1.82, 2.24) is 0 Å². The summed E-state index contributed by atoms with van der Waals surface area (Å²) < 4.78 is 2.60. The molecular formula is C55H33NS. The van der Waals surface area contributed by atoms with E-state index in [4.69, 9.17) is 0 Å². The highest BCUT2D eigenvalue weighted by Crippen LogP contribution is 2.70. The van der Waals surface area contributed by atoms with Gasteiger partial charge in [0.2, 0.25) is 0 Å². The highest BCUT2D eigenvalue weighted by molar-refractivity contribution is 7.26. The van der Waals surface area contributed by atoms with Gasteiger partial charge in [0.15, 0.2) is 0 Å². The molecule has 0 N–H and O–H groups in total. The molecule has 1 nitrogen and oxygen atoms in total. The molecule has 3 aliphatic rings. The van der Waals surface area contributed by atoms with Crippen LogP contribution in [0.2, 0.25) is 0 Å². The fourth-order valence-electron chi connectivity index (χ4n) is 10.5. The first-order chi connectivity index (χ1) is 28.3. The molecular weight excluding hydrogens is 707 g/mol. The zero-order valence-electron chi connectivity index (χ0n) is 30.9. The summed E-state index contributed by atoms with van der Waals surface area (Å²) in [5, 5.41) is 2.60. The Hall–Kier alpha value is -7.00. The van der Waals surface area contributed by atoms with Gasteiger partial charge in [0, 0.05) is 26.8 Å². The smallest absolute Gasteiger partial charge is 0.0737 e. The predicted molar refractivity (Wildman–Crippen MR) is 240 cm³/mol. The maximum Gasteiger partial charge on any atom is 0.0737 e. The van der Waals surface area contributed by atoms with E-state index in [2.05, 4.69) is 205 Å². The lowest BCUT2D eigenvalue weighted by atomic mass is 9.73. The van der Waals surface area contributed by atoms with Gasteiger partial charge in [0.25, 0.3) is 0 Å². The number of hydrogen-bond acceptors (Lipinski definition) is 2. The van der Waals surface area contributed by atoms with Crippen LogP contribution in [0.15, 0.2) is 200 Å². The normalized spacial score (nSPS) is 15.1. The largest absolute Gasteiger partial charge is 0.309 e. The third kappa shape index (κ3) is 4.12. The Morgan fingerprint density at radius 2 is 0.860 bits per heavy atom. The summed E-state index contributed by atoms with van der Waals surface area (Å²) in [5.41, 5.74) is 22.0. The maximum atomic E-state index is 2.50. The molecule has 0 saturated carbocycles. The summed E-state index contributed by atoms with van der Waals surface area (Å²) in [6.07, 6.45) is 0. The Morgan fingerprint density at radius 3 is 1.58 bits per heavy atom. The lowest BCUT2D eigenvalue weighted by Crippen LogP contribution is -2.23. The first-order valence-electron chi connectivity index (χ1n) is 19.8. The van der Waals surface area contributed by atoms with E-state index in [0.29, 0.717) is 0 Å². The monoisotopic (exact) mass is 739 g/mol. The van der Waals surface area contributed by atoms with Gasteiger partial charge >= 0.3 is 0 Å². The third-order valence-electron chi connectivity index (χ3n) is 12.8. The average Bonchev–Trinajstić information content (AvgIpc) is 4.00. The summed E-state index contributed by atoms with van der Waals surface area (Å²) in [6, 6.07) is 74.6. The van der Waals surface area contributed by atoms with E-state index in [1.807, 2.05) is 11.3 Å². The molecule has 1 atom stereocenters. The Labute approximate surface area is 335 Å². The molecule has 1 spiro atoms. The van der Waals surface area contributed by atoms with Crippen LogP contribution in [-0.2, 0) is 5.41 Å². The Bertz CT molecular complexity index is 3250. The highest BCUT2D eigenvalue weighted by atomic mass is 32.1. The molecule has 1 unspecified atom stereocenters. The van der Waals surface area contributed by atoms with Crippen molar-refractivity contribution < 1.29 is 0 Å². The van der Waals surface area contributed by atoms with Crippen molar-refractivity contribution in [2.24, 2.45) is 0 Å². The summed E-state index contributed by atoms with van der Waals surface area (Å²) >= 11 is 1.87. The Kier molecular flexibility index (Phi) is 6.31. The zero-order chi connectivity index (χ0) is 37.2. The van der Waals surface area contributed by atoms with Crippen molar-refractivity contribution in [3.63, 3.8) is 0 Å². The molecule has 1 aromatic heterocycles. The molecule has 9 aromatic carbocycles. The SMILES string of the molecule is c1ccc(-c2ccc(N(c3ccc(-c4ccc5c(c4)C46c7ccccc7-c7cccc(c74)-c4cccc-5c46)cc3)c3cccc4c3sc3ccccc34)cc2)cc1. The molecule has 2 heteroatoms. The van der Waals surface area contributed by atoms with Crippen molar-refractivity contribution in [3.8, 4) is 55.6 Å². The van der Waals surface area contributed by atoms with Gasteiger partial charge in [-0.3, -0.25) is 0 Å². The topological polar surface area (TPSA) is 3.24 Å². The number of rotatable bonds is 5. The van der Waals surface area contributed by atoms with Gasteiger partial charge in [0.05, 0.1) is 15.8 Å². The number of nitrogens with zero attached hydrogens (tertiary/aromatic N) is 1. The van der Waals surface area contributed by atoms with E-state index < -0.39 is 0 Å². The quantitative estimate of drug-likeness (QED) is 0.170. The van der Waals surface area contributed by atoms with Crippen LogP contribution < -0.4 is 4.90 Å². The Morgan fingerprint density at radius 1 is 0.351 bits per heavy atom. The maximum absolute atomic E-state index is 2.50. The molecule has 1 heterocycles. The van der Waals surface area contributed by atoms with Gasteiger partial charge in [0.1, 0.15) is 0 Å². The summed E-state index contributed by atoms with van der Waals surface area (Å²) in [6.45, 7) is 0. The van der Waals surface area contributed by atoms with Gasteiger partial charge < -0.3 is 4.90 Å². The van der Waals surface area contributed by atoms with Crippen molar-refractivity contribution >= 4 is 48.6 Å². The van der Waals surface area contributed by atoms with E-state index in [-0.39, 0.29) is 5.41 Å². The van der Waals surface area contributed by atoms with Gasteiger partial charge in [-0.15, -0.1) is 11.3 Å². The summed E-state index contributed by atoms with van der Waals surface area (Å²) in [4.78, 5) is 2.43. The second-order valence-electron chi connectivity index (χ2n) is 15.6. The number of hydrogen-bond donors (Lipinski definition) is 0. The number of anilines is 3. The van der Waals surface area contributed by atoms with Crippen LogP contribution in [0.1, 0.15) is 22.3 Å². The van der Waals surface area contributed by atoms with Gasteiger partial charge in [-0.05, 0) is 120 Å². The Balaban J connectivity index is 0.960. The lowest BCUT2D eigenvalue weighted by Gasteiger charge is -2.28. The van der Waals surface area contributed by atoms with Crippen LogP contribution in [0.25, 0.3) is 75.8 Å². The molecule has 0 amide bonds. The minimum absolute atomic E-state index is 0.286. The van der Waals surface area contributed by atoms with E-state index in [9.17, 15) is 0 Å². The number of benzene rings is 9. The second-order valence-corrected chi connectivity index (χ2v) is 16.6. The zero-order valence-corrected chi connectivity index (χ0v) is 31.7. The van der Waals surface area contributed by atoms with Crippen LogP contribution in [-0.4, -0.2) is 0 Å². The highest BCUT2D eigenvalue weighted by Gasteiger charge is 2.57. The fraction of sp³-hybridized carbons (Fsp3) is 0.0182. The van der Waals surface area contributed by atoms with Crippen LogP contribution in [0.3, 0.4) is 0 Å². The minimum atomic E-state index is -0.286. The molecule has 0 fully saturated rings. The predicted octanol–water partition coefficient (Wildman–Crippen LogP) is 15.2. The second kappa shape index (κ2) is 11.5. The molecule has 0 radical (unpaired) electrons. The van der Waals surface area contributed by atoms with E-state index in [0.717, 1.165) is 11.4 Å². The van der Waals surface area contributed by atoms with Crippen LogP contribution in [0.4, 0.5) is 17.1 Å². The lowest BCUT2D eigenvalue weighted by molar-refractivity contribution is 0.818. The van der Waals surface area contributed by atoms with Crippen molar-refractivity contribution in [3.05, 3.63) is 222 Å². The molecule has 10 aromatic rings. The van der Waals surface area contributed by atoms with Gasteiger partial charge in [-0.25, -0.2) is 0 Å². The molecule has 57 heavy (non-hydrogen) atoms. The van der Waals surface area contributed by atoms with E-state index in [1.54, 1.807) is 0 Å². The van der Waals surface area contributed by atoms with Gasteiger partial charge in [-0.1, -0.05) is 158 Å². The summed E-state index contributed by atoms with van der Waals surface area (Å²) in [7, 11) is 0. The van der Waals surface area contributed by atoms with Crippen molar-refractivity contribution in [1.29, 1.82) is 0 Å². The van der Waals surface area contributed by atoms with E-state index in [1.165, 1.54) is 104 Å². The third-order valence-corrected chi connectivity index (χ3v) is 14.0. The molecule has 0 aliphatic heterocycles. The average molecular weight is 740 g/mol. The molecule has 264 valence electrons. The molecule has 0 saturated heterocycles. The minimum Gasteiger partial charge on any atom is -0.309 e. The fourth-order valence-corrected chi connectivity index (χ4v) is 11.7. The van der Waals surface area contributed by atoms with Gasteiger partial charge in [-0.2, -0.15) is 0 Å². The van der Waals surface area contributed by atoms with E-state index >= 15 is 0 Å². The standard InChI is InChI=1S/C55H33NS/c1-2-11-34(12-3-1)35-23-28-38(29-24-35)56(50-21-10-19-47-42-14-5-7-22-51(42)57-54(47)50)39-30-25-36(26-31-39)37-27-32-41-44-16-9-18-46-45-17-8-15-43-40-13-4-6-20-48(40)55(52(43)45,53(44)46)49(41)33-37/h1-33H. The number of thiophene rings is 1. The molecule has 13 rings (SSSR count). The first-order valence-corrected chi connectivity index (χ1v) is 20.6. The molecule has 3 aliphatic carbocycles. The van der Waals surface area contributed by atoms with Crippen molar-refractivity contribution in [2.75, 3.05) is 4.90 Å². The first kappa shape index (κ1) is 31.2.